The normalized spacial score (nSPS) is 10.2. The summed E-state index contributed by atoms with van der Waals surface area (Å²) in [6, 6.07) is 17.4. The van der Waals surface area contributed by atoms with Gasteiger partial charge >= 0.3 is 0 Å². The summed E-state index contributed by atoms with van der Waals surface area (Å²) in [7, 11) is 0. The van der Waals surface area contributed by atoms with Gasteiger partial charge in [-0.2, -0.15) is 0 Å². The first kappa shape index (κ1) is 17.2. The van der Waals surface area contributed by atoms with E-state index in [0.29, 0.717) is 5.75 Å². The number of fused-ring (bicyclic) bond motifs is 1. The lowest BCUT2D eigenvalue weighted by Gasteiger charge is -2.05. The predicted molar refractivity (Wildman–Crippen MR) is 90.9 cm³/mol. The second kappa shape index (κ2) is 7.90. The van der Waals surface area contributed by atoms with Gasteiger partial charge in [0.25, 0.3) is 0 Å². The van der Waals surface area contributed by atoms with Gasteiger partial charge < -0.3 is 17.0 Å². The number of para-hydroxylation sites is 1. The van der Waals surface area contributed by atoms with Gasteiger partial charge in [0.2, 0.25) is 0 Å². The van der Waals surface area contributed by atoms with Gasteiger partial charge in [-0.05, 0) is 24.3 Å². The fourth-order valence-electron chi connectivity index (χ4n) is 2.06. The maximum atomic E-state index is 12.2. The highest BCUT2D eigenvalue weighted by atomic mass is 79.9. The van der Waals surface area contributed by atoms with Gasteiger partial charge in [-0.1, -0.05) is 46.3 Å². The van der Waals surface area contributed by atoms with Crippen molar-refractivity contribution in [3.63, 3.8) is 0 Å². The Morgan fingerprint density at radius 2 is 1.77 bits per heavy atom. The van der Waals surface area contributed by atoms with Crippen molar-refractivity contribution in [1.82, 2.24) is 4.98 Å². The number of pyridine rings is 1. The molecule has 112 valence electrons. The molecule has 1 aromatic heterocycles. The molecule has 0 aliphatic carbocycles. The number of Topliss-reactive ketones (excluding diaryl/α,β-unsaturated/α-hetero) is 1. The van der Waals surface area contributed by atoms with E-state index in [1.807, 2.05) is 54.6 Å². The first-order chi connectivity index (χ1) is 10.2. The van der Waals surface area contributed by atoms with E-state index in [2.05, 4.69) is 20.9 Å². The van der Waals surface area contributed by atoms with Crippen LogP contribution in [0.5, 0.6) is 0 Å². The summed E-state index contributed by atoms with van der Waals surface area (Å²) in [5.41, 5.74) is 1.69. The van der Waals surface area contributed by atoms with Gasteiger partial charge in [-0.15, -0.1) is 11.8 Å². The zero-order valence-corrected chi connectivity index (χ0v) is 15.5. The number of thioether (sulfide) groups is 1. The van der Waals surface area contributed by atoms with E-state index in [4.69, 9.17) is 0 Å². The molecule has 0 aliphatic heterocycles. The van der Waals surface area contributed by atoms with Crippen molar-refractivity contribution >= 4 is 44.4 Å². The van der Waals surface area contributed by atoms with Gasteiger partial charge in [-0.3, -0.25) is 9.78 Å². The number of hydrogen-bond acceptors (Lipinski definition) is 3. The molecule has 0 fully saturated rings. The Bertz CT molecular complexity index is 785. The number of carbonyl (C=O) groups is 1. The molecule has 0 aliphatic rings. The van der Waals surface area contributed by atoms with Crippen LogP contribution in [0.3, 0.4) is 0 Å². The Labute approximate surface area is 152 Å². The van der Waals surface area contributed by atoms with Crippen molar-refractivity contribution in [2.24, 2.45) is 0 Å². The maximum absolute atomic E-state index is 12.2. The second-order valence-corrected chi connectivity index (χ2v) is 6.48. The summed E-state index contributed by atoms with van der Waals surface area (Å²) in [4.78, 5) is 17.7. The van der Waals surface area contributed by atoms with E-state index < -0.39 is 0 Å². The quantitative estimate of drug-likeness (QED) is 0.461. The van der Waals surface area contributed by atoms with Crippen LogP contribution in [-0.2, 0) is 0 Å². The molecule has 0 radical (unpaired) electrons. The largest absolute Gasteiger partial charge is 1.00 e. The summed E-state index contributed by atoms with van der Waals surface area (Å²) in [6.45, 7) is 0. The van der Waals surface area contributed by atoms with Crippen LogP contribution in [0, 0.1) is 0 Å². The minimum Gasteiger partial charge on any atom is -1.00 e. The summed E-state index contributed by atoms with van der Waals surface area (Å²) in [5.74, 6) is 0.539. The SMILES string of the molecule is O=C(CSc1cccc2cccnc12)c1ccc(Br)cc1.[Br-]. The fraction of sp³-hybridized carbons (Fsp3) is 0.0588. The van der Waals surface area contributed by atoms with Gasteiger partial charge in [0.1, 0.15) is 0 Å². The van der Waals surface area contributed by atoms with Crippen LogP contribution in [0.15, 0.2) is 70.2 Å². The summed E-state index contributed by atoms with van der Waals surface area (Å²) in [6.07, 6.45) is 1.78. The molecule has 0 saturated carbocycles. The van der Waals surface area contributed by atoms with Gasteiger partial charge in [-0.25, -0.2) is 0 Å². The average Bonchev–Trinajstić information content (AvgIpc) is 2.53. The zero-order valence-electron chi connectivity index (χ0n) is 11.5. The molecule has 0 N–H and O–H groups in total. The van der Waals surface area contributed by atoms with Gasteiger partial charge in [0.15, 0.2) is 5.78 Å². The molecule has 2 nitrogen and oxygen atoms in total. The molecule has 0 spiro atoms. The Balaban J connectivity index is 0.00000176. The standard InChI is InChI=1S/C17H12BrNOS.BrH/c18-14-8-6-12(7-9-14)15(20)11-21-16-5-1-3-13-4-2-10-19-17(13)16;/h1-10H,11H2;1H/p-1. The Morgan fingerprint density at radius 3 is 2.55 bits per heavy atom. The number of carbonyl (C=O) groups excluding carboxylic acids is 1. The van der Waals surface area contributed by atoms with E-state index in [9.17, 15) is 4.79 Å². The van der Waals surface area contributed by atoms with Crippen LogP contribution >= 0.6 is 27.7 Å². The van der Waals surface area contributed by atoms with Crippen LogP contribution in [0.1, 0.15) is 10.4 Å². The highest BCUT2D eigenvalue weighted by Crippen LogP contribution is 2.26. The minimum absolute atomic E-state index is 0. The third-order valence-electron chi connectivity index (χ3n) is 3.12. The number of ketones is 1. The lowest BCUT2D eigenvalue weighted by atomic mass is 10.2. The van der Waals surface area contributed by atoms with E-state index in [-0.39, 0.29) is 22.8 Å². The molecule has 22 heavy (non-hydrogen) atoms. The van der Waals surface area contributed by atoms with Crippen molar-refractivity contribution in [3.05, 3.63) is 70.8 Å². The highest BCUT2D eigenvalue weighted by molar-refractivity contribution is 9.10. The molecular weight excluding hydrogens is 426 g/mol. The van der Waals surface area contributed by atoms with Crippen molar-refractivity contribution in [2.75, 3.05) is 5.75 Å². The molecule has 0 amide bonds. The molecule has 0 saturated heterocycles. The van der Waals surface area contributed by atoms with Crippen LogP contribution in [-0.4, -0.2) is 16.5 Å². The van der Waals surface area contributed by atoms with Crippen molar-refractivity contribution in [2.45, 2.75) is 4.90 Å². The number of hydrogen-bond donors (Lipinski definition) is 0. The van der Waals surface area contributed by atoms with Gasteiger partial charge in [0.05, 0.1) is 11.3 Å². The Morgan fingerprint density at radius 1 is 1.05 bits per heavy atom. The molecule has 2 aromatic carbocycles. The van der Waals surface area contributed by atoms with Crippen LogP contribution in [0.2, 0.25) is 0 Å². The smallest absolute Gasteiger partial charge is 0.173 e. The number of rotatable bonds is 4. The third kappa shape index (κ3) is 3.97. The average molecular weight is 438 g/mol. The molecule has 3 rings (SSSR count). The molecule has 1 heterocycles. The van der Waals surface area contributed by atoms with E-state index >= 15 is 0 Å². The Kier molecular flexibility index (Phi) is 6.17. The van der Waals surface area contributed by atoms with Crippen molar-refractivity contribution < 1.29 is 21.8 Å². The number of nitrogens with zero attached hydrogens (tertiary/aromatic N) is 1. The lowest BCUT2D eigenvalue weighted by molar-refractivity contribution is -0.0000118. The first-order valence-electron chi connectivity index (χ1n) is 6.49. The lowest BCUT2D eigenvalue weighted by Crippen LogP contribution is -3.00. The monoisotopic (exact) mass is 436 g/mol. The predicted octanol–water partition coefficient (Wildman–Crippen LogP) is 1.98. The number of halogens is 2. The zero-order chi connectivity index (χ0) is 14.7. The fourth-order valence-corrected chi connectivity index (χ4v) is 3.25. The molecule has 5 heteroatoms. The van der Waals surface area contributed by atoms with Gasteiger partial charge in [0, 0.05) is 26.5 Å². The topological polar surface area (TPSA) is 30.0 Å². The summed E-state index contributed by atoms with van der Waals surface area (Å²) in [5, 5.41) is 1.10. The van der Waals surface area contributed by atoms with E-state index in [1.54, 1.807) is 6.20 Å². The van der Waals surface area contributed by atoms with Crippen LogP contribution < -0.4 is 17.0 Å². The third-order valence-corrected chi connectivity index (χ3v) is 4.70. The minimum atomic E-state index is 0. The highest BCUT2D eigenvalue weighted by Gasteiger charge is 2.08. The first-order valence-corrected chi connectivity index (χ1v) is 8.27. The second-order valence-electron chi connectivity index (χ2n) is 4.55. The van der Waals surface area contributed by atoms with E-state index in [0.717, 1.165) is 25.8 Å². The Hall–Kier alpha value is -1.17. The molecule has 0 unspecified atom stereocenters. The maximum Gasteiger partial charge on any atom is 0.173 e. The molecule has 3 aromatic rings. The number of benzene rings is 2. The van der Waals surface area contributed by atoms with Crippen LogP contribution in [0.25, 0.3) is 10.9 Å². The van der Waals surface area contributed by atoms with Crippen molar-refractivity contribution in [1.29, 1.82) is 0 Å². The molecule has 0 bridgehead atoms. The molecular formula is C17H12Br2NOS-. The molecule has 0 atom stereocenters. The number of aromatic nitrogens is 1. The summed E-state index contributed by atoms with van der Waals surface area (Å²) < 4.78 is 0.977. The van der Waals surface area contributed by atoms with Crippen molar-refractivity contribution in [3.8, 4) is 0 Å². The van der Waals surface area contributed by atoms with Crippen LogP contribution in [0.4, 0.5) is 0 Å². The summed E-state index contributed by atoms with van der Waals surface area (Å²) >= 11 is 4.91. The van der Waals surface area contributed by atoms with E-state index in [1.165, 1.54) is 11.8 Å².